The van der Waals surface area contributed by atoms with Crippen LogP contribution < -0.4 is 17.2 Å². The molecule has 0 amide bonds. The van der Waals surface area contributed by atoms with E-state index in [2.05, 4.69) is 15.1 Å². The van der Waals surface area contributed by atoms with E-state index in [1.807, 2.05) is 0 Å². The Hall–Kier alpha value is -2.61. The number of aliphatic imine (C=N–C) groups is 2. The van der Waals surface area contributed by atoms with Crippen LogP contribution in [0.5, 0.6) is 0 Å². The van der Waals surface area contributed by atoms with Gasteiger partial charge in [-0.15, -0.1) is 0 Å². The maximum absolute atomic E-state index is 14.0. The second kappa shape index (κ2) is 5.57. The number of halogens is 2. The van der Waals surface area contributed by atoms with E-state index in [9.17, 15) is 4.39 Å². The molecule has 0 saturated carbocycles. The van der Waals surface area contributed by atoms with Gasteiger partial charge in [0.05, 0.1) is 16.9 Å². The highest BCUT2D eigenvalue weighted by Crippen LogP contribution is 2.21. The van der Waals surface area contributed by atoms with Gasteiger partial charge in [0.1, 0.15) is 5.69 Å². The third-order valence-electron chi connectivity index (χ3n) is 2.22. The summed E-state index contributed by atoms with van der Waals surface area (Å²) in [6.07, 6.45) is 2.89. The second-order valence-electron chi connectivity index (χ2n) is 3.75. The highest BCUT2D eigenvalue weighted by Gasteiger charge is 2.07. The van der Waals surface area contributed by atoms with Crippen LogP contribution in [0.1, 0.15) is 0 Å². The predicted octanol–water partition coefficient (Wildman–Crippen LogP) is 0.884. The number of nitrogens with zero attached hydrogens (tertiary/aromatic N) is 4. The summed E-state index contributed by atoms with van der Waals surface area (Å²) in [5.41, 5.74) is 16.3. The lowest BCUT2D eigenvalue weighted by Crippen LogP contribution is -2.26. The van der Waals surface area contributed by atoms with Crippen molar-refractivity contribution in [1.82, 2.24) is 9.78 Å². The van der Waals surface area contributed by atoms with Crippen molar-refractivity contribution in [2.75, 3.05) is 0 Å². The molecule has 0 bridgehead atoms. The molecule has 1 aromatic carbocycles. The monoisotopic (exact) mass is 295 g/mol. The van der Waals surface area contributed by atoms with Crippen LogP contribution in [0.25, 0.3) is 5.69 Å². The molecule has 0 aliphatic rings. The zero-order valence-corrected chi connectivity index (χ0v) is 10.9. The van der Waals surface area contributed by atoms with Gasteiger partial charge < -0.3 is 17.2 Å². The summed E-state index contributed by atoms with van der Waals surface area (Å²) in [4.78, 5) is 7.38. The van der Waals surface area contributed by atoms with Gasteiger partial charge in [-0.25, -0.2) is 14.1 Å². The Morgan fingerprint density at radius 1 is 1.30 bits per heavy atom. The van der Waals surface area contributed by atoms with Crippen LogP contribution in [0.4, 0.5) is 10.1 Å². The molecule has 0 aliphatic carbocycles. The van der Waals surface area contributed by atoms with Crippen molar-refractivity contribution in [3.8, 4) is 5.69 Å². The fourth-order valence-corrected chi connectivity index (χ4v) is 1.61. The molecule has 0 aliphatic heterocycles. The van der Waals surface area contributed by atoms with Gasteiger partial charge in [0.25, 0.3) is 0 Å². The first-order chi connectivity index (χ1) is 9.45. The van der Waals surface area contributed by atoms with Gasteiger partial charge in [-0.05, 0) is 12.1 Å². The average molecular weight is 296 g/mol. The highest BCUT2D eigenvalue weighted by molar-refractivity contribution is 6.30. The maximum atomic E-state index is 14.0. The van der Waals surface area contributed by atoms with Crippen LogP contribution in [0.3, 0.4) is 0 Å². The topological polar surface area (TPSA) is 121 Å². The van der Waals surface area contributed by atoms with Crippen molar-refractivity contribution in [3.63, 3.8) is 0 Å². The number of rotatable bonds is 2. The number of benzene rings is 1. The van der Waals surface area contributed by atoms with Crippen molar-refractivity contribution in [2.45, 2.75) is 0 Å². The van der Waals surface area contributed by atoms with Gasteiger partial charge in [-0.1, -0.05) is 11.6 Å². The first kappa shape index (κ1) is 13.8. The van der Waals surface area contributed by atoms with Crippen molar-refractivity contribution in [2.24, 2.45) is 27.2 Å². The summed E-state index contributed by atoms with van der Waals surface area (Å²) in [5.74, 6) is -0.933. The fraction of sp³-hybridized carbons (Fsp3) is 0. The lowest BCUT2D eigenvalue weighted by molar-refractivity contribution is 0.611. The molecule has 0 saturated heterocycles. The first-order valence-corrected chi connectivity index (χ1v) is 5.77. The Labute approximate surface area is 118 Å². The smallest absolute Gasteiger partial charge is 0.223 e. The summed E-state index contributed by atoms with van der Waals surface area (Å²) in [6, 6.07) is 4.21. The zero-order chi connectivity index (χ0) is 14.7. The van der Waals surface area contributed by atoms with Crippen molar-refractivity contribution in [1.29, 1.82) is 0 Å². The third kappa shape index (κ3) is 3.23. The van der Waals surface area contributed by atoms with E-state index < -0.39 is 5.82 Å². The summed E-state index contributed by atoms with van der Waals surface area (Å²) in [5, 5.41) is 4.31. The minimum absolute atomic E-state index is 0.167. The van der Waals surface area contributed by atoms with Crippen LogP contribution >= 0.6 is 11.6 Å². The van der Waals surface area contributed by atoms with Crippen LogP contribution in [0.15, 0.2) is 40.6 Å². The first-order valence-electron chi connectivity index (χ1n) is 5.39. The van der Waals surface area contributed by atoms with Crippen molar-refractivity contribution in [3.05, 3.63) is 41.4 Å². The molecule has 0 atom stereocenters. The average Bonchev–Trinajstić information content (AvgIpc) is 2.74. The van der Waals surface area contributed by atoms with E-state index >= 15 is 0 Å². The Bertz CT molecular complexity index is 688. The Kier molecular flexibility index (Phi) is 3.85. The molecule has 6 N–H and O–H groups in total. The molecular weight excluding hydrogens is 285 g/mol. The standard InChI is InChI=1S/C11H11ClFN7/c12-6-4-17-20(5-6)9-2-1-7(3-8(9)13)18-11(16)19-10(14)15/h1-5H,(H6,14,15,16,18,19). The molecule has 104 valence electrons. The molecular formula is C11H11ClFN7. The van der Waals surface area contributed by atoms with Crippen LogP contribution in [0.2, 0.25) is 5.02 Å². The third-order valence-corrected chi connectivity index (χ3v) is 2.41. The highest BCUT2D eigenvalue weighted by atomic mass is 35.5. The van der Waals surface area contributed by atoms with E-state index in [1.54, 1.807) is 6.07 Å². The van der Waals surface area contributed by atoms with E-state index in [-0.39, 0.29) is 23.3 Å². The normalized spacial score (nSPS) is 11.4. The summed E-state index contributed by atoms with van der Waals surface area (Å²) in [7, 11) is 0. The van der Waals surface area contributed by atoms with Gasteiger partial charge in [-0.2, -0.15) is 10.1 Å². The minimum atomic E-state index is -0.538. The quantitative estimate of drug-likeness (QED) is 0.562. The molecule has 0 spiro atoms. The number of hydrogen-bond acceptors (Lipinski definition) is 2. The number of aromatic nitrogens is 2. The fourth-order valence-electron chi connectivity index (χ4n) is 1.47. The lowest BCUT2D eigenvalue weighted by Gasteiger charge is -2.04. The Morgan fingerprint density at radius 3 is 2.60 bits per heavy atom. The van der Waals surface area contributed by atoms with Gasteiger partial charge in [0.15, 0.2) is 11.8 Å². The Morgan fingerprint density at radius 2 is 2.05 bits per heavy atom. The Balaban J connectivity index is 2.33. The van der Waals surface area contributed by atoms with Gasteiger partial charge in [0, 0.05) is 12.3 Å². The van der Waals surface area contributed by atoms with Gasteiger partial charge in [0.2, 0.25) is 5.96 Å². The zero-order valence-electron chi connectivity index (χ0n) is 10.2. The summed E-state index contributed by atoms with van der Waals surface area (Å²) < 4.78 is 15.3. The molecule has 1 heterocycles. The molecule has 9 heteroatoms. The predicted molar refractivity (Wildman–Crippen MR) is 75.6 cm³/mol. The molecule has 0 unspecified atom stereocenters. The van der Waals surface area contributed by atoms with Crippen LogP contribution in [-0.2, 0) is 0 Å². The van der Waals surface area contributed by atoms with E-state index in [0.717, 1.165) is 0 Å². The largest absolute Gasteiger partial charge is 0.370 e. The number of nitrogens with two attached hydrogens (primary N) is 3. The number of guanidine groups is 2. The molecule has 20 heavy (non-hydrogen) atoms. The van der Waals surface area contributed by atoms with Crippen molar-refractivity contribution >= 4 is 29.2 Å². The van der Waals surface area contributed by atoms with Gasteiger partial charge in [-0.3, -0.25) is 0 Å². The van der Waals surface area contributed by atoms with E-state index in [1.165, 1.54) is 29.2 Å². The second-order valence-corrected chi connectivity index (χ2v) is 4.18. The van der Waals surface area contributed by atoms with Crippen LogP contribution in [0, 0.1) is 5.82 Å². The number of hydrogen-bond donors (Lipinski definition) is 3. The molecule has 2 aromatic rings. The SMILES string of the molecule is NC(N)=NC(N)=Nc1ccc(-n2cc(Cl)cn2)c(F)c1. The molecule has 0 fully saturated rings. The lowest BCUT2D eigenvalue weighted by atomic mass is 10.2. The molecule has 7 nitrogen and oxygen atoms in total. The minimum Gasteiger partial charge on any atom is -0.370 e. The van der Waals surface area contributed by atoms with Crippen LogP contribution in [-0.4, -0.2) is 21.7 Å². The summed E-state index contributed by atoms with van der Waals surface area (Å²) in [6.45, 7) is 0. The van der Waals surface area contributed by atoms with Gasteiger partial charge >= 0.3 is 0 Å². The summed E-state index contributed by atoms with van der Waals surface area (Å²) >= 11 is 5.73. The molecule has 2 rings (SSSR count). The maximum Gasteiger partial charge on any atom is 0.223 e. The molecule has 1 aromatic heterocycles. The van der Waals surface area contributed by atoms with E-state index in [4.69, 9.17) is 28.8 Å². The molecule has 0 radical (unpaired) electrons. The van der Waals surface area contributed by atoms with Crippen molar-refractivity contribution < 1.29 is 4.39 Å². The van der Waals surface area contributed by atoms with E-state index in [0.29, 0.717) is 5.02 Å².